The van der Waals surface area contributed by atoms with Crippen LogP contribution in [-0.2, 0) is 11.8 Å². The van der Waals surface area contributed by atoms with Gasteiger partial charge in [0.25, 0.3) is 5.91 Å². The van der Waals surface area contributed by atoms with Crippen molar-refractivity contribution in [3.63, 3.8) is 0 Å². The summed E-state index contributed by atoms with van der Waals surface area (Å²) >= 11 is 0. The molecule has 160 valence electrons. The molecule has 1 fully saturated rings. The average molecular weight is 410 g/mol. The van der Waals surface area contributed by atoms with Crippen LogP contribution in [-0.4, -0.2) is 61.1 Å². The van der Waals surface area contributed by atoms with Gasteiger partial charge in [-0.25, -0.2) is 9.97 Å². The standard InChI is InChI=1S/C23H31N5O2/c1-16-5-6-19(30-12-10-24)18(13-16)21(29)28-11-4-8-23(15-28)9-7-17-14-25-22(27(2)3)26-20(17)23/h5-6,13-14H,4,7-12,15,24H2,1-3H3. The second-order valence-corrected chi connectivity index (χ2v) is 8.69. The highest BCUT2D eigenvalue weighted by molar-refractivity contribution is 5.97. The van der Waals surface area contributed by atoms with E-state index in [0.29, 0.717) is 31.0 Å². The van der Waals surface area contributed by atoms with E-state index < -0.39 is 0 Å². The van der Waals surface area contributed by atoms with E-state index in [9.17, 15) is 4.79 Å². The van der Waals surface area contributed by atoms with Crippen LogP contribution in [0.5, 0.6) is 5.75 Å². The van der Waals surface area contributed by atoms with Gasteiger partial charge in [0.15, 0.2) is 0 Å². The van der Waals surface area contributed by atoms with Crippen molar-refractivity contribution in [2.24, 2.45) is 5.73 Å². The predicted molar refractivity (Wildman–Crippen MR) is 117 cm³/mol. The summed E-state index contributed by atoms with van der Waals surface area (Å²) in [5, 5.41) is 0. The average Bonchev–Trinajstić information content (AvgIpc) is 3.09. The second kappa shape index (κ2) is 8.22. The summed E-state index contributed by atoms with van der Waals surface area (Å²) in [5.74, 6) is 1.37. The molecule has 2 aromatic rings. The van der Waals surface area contributed by atoms with Gasteiger partial charge in [-0.15, -0.1) is 0 Å². The number of aromatic nitrogens is 2. The number of rotatable bonds is 5. The van der Waals surface area contributed by atoms with E-state index >= 15 is 0 Å². The third kappa shape index (κ3) is 3.74. The van der Waals surface area contributed by atoms with Crippen molar-refractivity contribution < 1.29 is 9.53 Å². The lowest BCUT2D eigenvalue weighted by molar-refractivity contribution is 0.0629. The van der Waals surface area contributed by atoms with Crippen molar-refractivity contribution >= 4 is 11.9 Å². The lowest BCUT2D eigenvalue weighted by Crippen LogP contribution is -2.48. The molecule has 0 bridgehead atoms. The number of piperidine rings is 1. The highest BCUT2D eigenvalue weighted by Crippen LogP contribution is 2.44. The van der Waals surface area contributed by atoms with Crippen LogP contribution in [0.1, 0.15) is 46.4 Å². The van der Waals surface area contributed by atoms with Gasteiger partial charge < -0.3 is 20.3 Å². The number of anilines is 1. The Bertz CT molecular complexity index is 941. The molecule has 2 heterocycles. The van der Waals surface area contributed by atoms with Gasteiger partial charge in [0.1, 0.15) is 12.4 Å². The Morgan fingerprint density at radius 3 is 2.93 bits per heavy atom. The molecule has 1 aliphatic heterocycles. The van der Waals surface area contributed by atoms with Gasteiger partial charge in [-0.05, 0) is 50.3 Å². The minimum Gasteiger partial charge on any atom is -0.491 e. The number of carbonyl (C=O) groups excluding carboxylic acids is 1. The number of fused-ring (bicyclic) bond motifs is 2. The number of likely N-dealkylation sites (tertiary alicyclic amines) is 1. The molecular formula is C23H31N5O2. The first-order valence-electron chi connectivity index (χ1n) is 10.7. The number of amides is 1. The number of hydrogen-bond donors (Lipinski definition) is 1. The maximum atomic E-state index is 13.5. The fraction of sp³-hybridized carbons (Fsp3) is 0.522. The van der Waals surface area contributed by atoms with Gasteiger partial charge >= 0.3 is 0 Å². The van der Waals surface area contributed by atoms with E-state index in [1.807, 2.05) is 55.2 Å². The summed E-state index contributed by atoms with van der Waals surface area (Å²) in [6.07, 6.45) is 5.98. The molecule has 1 spiro atoms. The molecule has 1 unspecified atom stereocenters. The van der Waals surface area contributed by atoms with Crippen LogP contribution in [0.25, 0.3) is 0 Å². The smallest absolute Gasteiger partial charge is 0.257 e. The first kappa shape index (κ1) is 20.6. The van der Waals surface area contributed by atoms with E-state index in [2.05, 4.69) is 4.98 Å². The predicted octanol–water partition coefficient (Wildman–Crippen LogP) is 2.31. The van der Waals surface area contributed by atoms with Gasteiger partial charge in [0.05, 0.1) is 11.3 Å². The SMILES string of the molecule is Cc1ccc(OCCN)c(C(=O)N2CCCC3(CCc4cnc(N(C)C)nc43)C2)c1. The molecule has 0 radical (unpaired) electrons. The molecule has 2 N–H and O–H groups in total. The van der Waals surface area contributed by atoms with Gasteiger partial charge in [-0.3, -0.25) is 4.79 Å². The highest BCUT2D eigenvalue weighted by atomic mass is 16.5. The minimum atomic E-state index is -0.0843. The fourth-order valence-corrected chi connectivity index (χ4v) is 4.73. The third-order valence-electron chi connectivity index (χ3n) is 6.23. The van der Waals surface area contributed by atoms with Crippen molar-refractivity contribution in [1.82, 2.24) is 14.9 Å². The fourth-order valence-electron chi connectivity index (χ4n) is 4.73. The number of hydrogen-bond acceptors (Lipinski definition) is 6. The summed E-state index contributed by atoms with van der Waals surface area (Å²) in [6.45, 7) is 4.25. The summed E-state index contributed by atoms with van der Waals surface area (Å²) in [7, 11) is 3.92. The zero-order valence-corrected chi connectivity index (χ0v) is 18.1. The third-order valence-corrected chi connectivity index (χ3v) is 6.23. The lowest BCUT2D eigenvalue weighted by Gasteiger charge is -2.40. The Balaban J connectivity index is 1.63. The van der Waals surface area contributed by atoms with E-state index in [4.69, 9.17) is 15.5 Å². The Morgan fingerprint density at radius 2 is 2.17 bits per heavy atom. The molecule has 1 amide bonds. The second-order valence-electron chi connectivity index (χ2n) is 8.69. The summed E-state index contributed by atoms with van der Waals surface area (Å²) in [4.78, 5) is 26.9. The van der Waals surface area contributed by atoms with Crippen molar-refractivity contribution in [3.05, 3.63) is 46.8 Å². The van der Waals surface area contributed by atoms with Crippen molar-refractivity contribution in [2.45, 2.75) is 38.0 Å². The lowest BCUT2D eigenvalue weighted by atomic mass is 9.77. The number of nitrogens with two attached hydrogens (primary N) is 1. The Morgan fingerprint density at radius 1 is 1.33 bits per heavy atom. The van der Waals surface area contributed by atoms with Gasteiger partial charge in [-0.1, -0.05) is 11.6 Å². The Labute approximate surface area is 178 Å². The van der Waals surface area contributed by atoms with Crippen LogP contribution in [0.15, 0.2) is 24.4 Å². The number of aryl methyl sites for hydroxylation is 2. The van der Waals surface area contributed by atoms with E-state index in [0.717, 1.165) is 49.4 Å². The molecule has 1 atom stereocenters. The summed E-state index contributed by atoms with van der Waals surface area (Å²) in [5.41, 5.74) is 9.52. The summed E-state index contributed by atoms with van der Waals surface area (Å²) in [6, 6.07) is 5.76. The van der Waals surface area contributed by atoms with Crippen molar-refractivity contribution in [3.8, 4) is 5.75 Å². The molecule has 30 heavy (non-hydrogen) atoms. The topological polar surface area (TPSA) is 84.6 Å². The number of nitrogens with zero attached hydrogens (tertiary/aromatic N) is 4. The quantitative estimate of drug-likeness (QED) is 0.816. The number of benzene rings is 1. The van der Waals surface area contributed by atoms with Gasteiger partial charge in [0, 0.05) is 45.3 Å². The highest BCUT2D eigenvalue weighted by Gasteiger charge is 2.45. The molecule has 0 saturated carbocycles. The normalized spacial score (nSPS) is 20.3. The Kier molecular flexibility index (Phi) is 5.64. The van der Waals surface area contributed by atoms with Crippen LogP contribution >= 0.6 is 0 Å². The van der Waals surface area contributed by atoms with Crippen LogP contribution in [0.2, 0.25) is 0 Å². The van der Waals surface area contributed by atoms with Gasteiger partial charge in [-0.2, -0.15) is 0 Å². The zero-order chi connectivity index (χ0) is 21.3. The zero-order valence-electron chi connectivity index (χ0n) is 18.1. The van der Waals surface area contributed by atoms with E-state index in [-0.39, 0.29) is 11.3 Å². The molecule has 1 saturated heterocycles. The molecule has 1 aromatic carbocycles. The molecule has 1 aliphatic carbocycles. The largest absolute Gasteiger partial charge is 0.491 e. The molecule has 1 aromatic heterocycles. The summed E-state index contributed by atoms with van der Waals surface area (Å²) < 4.78 is 5.77. The number of ether oxygens (including phenoxy) is 1. The first-order valence-corrected chi connectivity index (χ1v) is 10.7. The molecular weight excluding hydrogens is 378 g/mol. The maximum absolute atomic E-state index is 13.5. The molecule has 2 aliphatic rings. The van der Waals surface area contributed by atoms with E-state index in [1.165, 1.54) is 5.56 Å². The number of carbonyl (C=O) groups is 1. The van der Waals surface area contributed by atoms with Crippen molar-refractivity contribution in [2.75, 3.05) is 45.2 Å². The van der Waals surface area contributed by atoms with Crippen LogP contribution in [0.3, 0.4) is 0 Å². The molecule has 7 heteroatoms. The minimum absolute atomic E-state index is 0.0279. The Hall–Kier alpha value is -2.67. The van der Waals surface area contributed by atoms with Gasteiger partial charge in [0.2, 0.25) is 5.95 Å². The van der Waals surface area contributed by atoms with Crippen LogP contribution < -0.4 is 15.4 Å². The van der Waals surface area contributed by atoms with Crippen LogP contribution in [0.4, 0.5) is 5.95 Å². The molecule has 4 rings (SSSR count). The molecule has 7 nitrogen and oxygen atoms in total. The van der Waals surface area contributed by atoms with Crippen molar-refractivity contribution in [1.29, 1.82) is 0 Å². The first-order chi connectivity index (χ1) is 14.4. The van der Waals surface area contributed by atoms with E-state index in [1.54, 1.807) is 0 Å². The van der Waals surface area contributed by atoms with Crippen LogP contribution in [0, 0.1) is 6.92 Å². The monoisotopic (exact) mass is 409 g/mol. The maximum Gasteiger partial charge on any atom is 0.257 e.